The summed E-state index contributed by atoms with van der Waals surface area (Å²) in [5.74, 6) is 0.205. The predicted octanol–water partition coefficient (Wildman–Crippen LogP) is 1.18. The van der Waals surface area contributed by atoms with E-state index in [0.29, 0.717) is 6.42 Å². The largest absolute Gasteiger partial charge is 0.399 e. The van der Waals surface area contributed by atoms with Gasteiger partial charge in [-0.15, -0.1) is 9.53 Å². The average Bonchev–Trinajstić information content (AvgIpc) is 2.20. The number of hydrogen-bond donors (Lipinski definition) is 3. The third-order valence-corrected chi connectivity index (χ3v) is 4.94. The highest BCUT2D eigenvalue weighted by Crippen LogP contribution is 2.17. The van der Waals surface area contributed by atoms with E-state index in [0.717, 1.165) is 16.8 Å². The average molecular weight is 244 g/mol. The summed E-state index contributed by atoms with van der Waals surface area (Å²) in [6.45, 7) is 1.93. The Hall–Kier alpha value is -0.910. The molecule has 1 rings (SSSR count). The highest BCUT2D eigenvalue weighted by Gasteiger charge is 2.17. The molecule has 1 aromatic carbocycles. The van der Waals surface area contributed by atoms with E-state index in [9.17, 15) is 8.76 Å². The minimum absolute atomic E-state index is 0.205. The van der Waals surface area contributed by atoms with Gasteiger partial charge in [-0.05, 0) is 30.5 Å². The zero-order chi connectivity index (χ0) is 12.4. The zero-order valence-corrected chi connectivity index (χ0v) is 10.8. The van der Waals surface area contributed by atoms with Crippen molar-refractivity contribution < 1.29 is 8.76 Å². The molecule has 0 bridgehead atoms. The third kappa shape index (κ3) is 3.59. The van der Waals surface area contributed by atoms with Gasteiger partial charge in [-0.3, -0.25) is 4.55 Å². The maximum absolute atomic E-state index is 11.9. The Morgan fingerprint density at radius 1 is 1.50 bits per heavy atom. The fourth-order valence-electron chi connectivity index (χ4n) is 1.35. The van der Waals surface area contributed by atoms with Crippen molar-refractivity contribution >= 4 is 15.2 Å². The van der Waals surface area contributed by atoms with Crippen LogP contribution in [0, 0.1) is 6.92 Å². The summed E-state index contributed by atoms with van der Waals surface area (Å²) in [4.78, 5) is 0. The number of aryl methyl sites for hydroxylation is 2. The van der Waals surface area contributed by atoms with E-state index in [1.165, 1.54) is 13.3 Å². The number of nitrogens with one attached hydrogen (secondary N) is 1. The lowest BCUT2D eigenvalue weighted by Crippen LogP contribution is -2.47. The maximum Gasteiger partial charge on any atom is 0.0515 e. The molecule has 0 aromatic heterocycles. The molecule has 5 heteroatoms. The molecule has 0 heterocycles. The molecule has 92 valence electrons. The van der Waals surface area contributed by atoms with Gasteiger partial charge in [0.05, 0.1) is 5.75 Å². The minimum atomic E-state index is -3.64. The highest BCUT2D eigenvalue weighted by molar-refractivity contribution is 8.12. The Morgan fingerprint density at radius 2 is 2.12 bits per heavy atom. The van der Waals surface area contributed by atoms with Crippen LogP contribution in [-0.4, -0.2) is 27.8 Å². The van der Waals surface area contributed by atoms with Crippen LogP contribution in [0.25, 0.3) is 0 Å². The summed E-state index contributed by atoms with van der Waals surface area (Å²) < 4.78 is 24.2. The summed E-state index contributed by atoms with van der Waals surface area (Å²) in [6, 6.07) is 5.67. The molecule has 0 saturated carbocycles. The second-order valence-corrected chi connectivity index (χ2v) is 8.11. The van der Waals surface area contributed by atoms with E-state index in [4.69, 9.17) is 5.73 Å². The molecular formula is C11H20N2O2S. The molecule has 0 radical (unpaired) electrons. The number of anilines is 1. The van der Waals surface area contributed by atoms with Crippen LogP contribution in [0.1, 0.15) is 11.1 Å². The Bertz CT molecular complexity index is 451. The Morgan fingerprint density at radius 3 is 2.62 bits per heavy atom. The van der Waals surface area contributed by atoms with Crippen molar-refractivity contribution in [3.63, 3.8) is 0 Å². The van der Waals surface area contributed by atoms with Crippen LogP contribution in [0.3, 0.4) is 0 Å². The first-order valence-corrected chi connectivity index (χ1v) is 7.63. The Labute approximate surface area is 96.6 Å². The van der Waals surface area contributed by atoms with Gasteiger partial charge in [0, 0.05) is 19.0 Å². The second kappa shape index (κ2) is 4.16. The van der Waals surface area contributed by atoms with E-state index in [1.807, 2.05) is 25.1 Å². The maximum atomic E-state index is 11.9. The molecule has 0 aliphatic rings. The minimum Gasteiger partial charge on any atom is -0.399 e. The molecule has 0 fully saturated rings. The fourth-order valence-corrected chi connectivity index (χ4v) is 2.27. The molecule has 1 aromatic rings. The van der Waals surface area contributed by atoms with Crippen LogP contribution >= 0.6 is 0 Å². The predicted molar refractivity (Wildman–Crippen MR) is 69.9 cm³/mol. The molecule has 0 atom stereocenters. The summed E-state index contributed by atoms with van der Waals surface area (Å²) in [5, 5.41) is 0. The van der Waals surface area contributed by atoms with Gasteiger partial charge in [0.1, 0.15) is 0 Å². The SMILES string of the molecule is CNS(C)(=O)(O)CCc1ccc(N)c(C)c1. The van der Waals surface area contributed by atoms with Crippen molar-refractivity contribution in [2.75, 3.05) is 24.8 Å². The van der Waals surface area contributed by atoms with Gasteiger partial charge >= 0.3 is 0 Å². The van der Waals surface area contributed by atoms with Crippen molar-refractivity contribution in [3.8, 4) is 0 Å². The number of nitrogen functional groups attached to an aromatic ring is 1. The number of rotatable bonds is 4. The fraction of sp³-hybridized carbons (Fsp3) is 0.455. The molecular weight excluding hydrogens is 224 g/mol. The van der Waals surface area contributed by atoms with E-state index >= 15 is 0 Å². The third-order valence-electron chi connectivity index (χ3n) is 2.73. The standard InChI is InChI=1S/C11H20N2O2S/c1-9-8-10(4-5-11(9)12)6-7-16(3,14,15)13-2/h4-5,8H,6-7,12H2,1-3H3,(H2,13,14,15). The van der Waals surface area contributed by atoms with Crippen molar-refractivity contribution in [2.24, 2.45) is 0 Å². The first kappa shape index (κ1) is 13.2. The normalized spacial score (nSPS) is 14.4. The summed E-state index contributed by atoms with van der Waals surface area (Å²) in [5.41, 5.74) is 8.48. The number of hydrogen-bond acceptors (Lipinski definition) is 2. The monoisotopic (exact) mass is 244 g/mol. The first-order chi connectivity index (χ1) is 7.21. The van der Waals surface area contributed by atoms with E-state index in [-0.39, 0.29) is 5.75 Å². The lowest BCUT2D eigenvalue weighted by atomic mass is 10.1. The molecule has 4 nitrogen and oxygen atoms in total. The first-order valence-electron chi connectivity index (χ1n) is 5.13. The van der Waals surface area contributed by atoms with E-state index < -0.39 is 9.53 Å². The van der Waals surface area contributed by atoms with E-state index in [1.54, 1.807) is 0 Å². The van der Waals surface area contributed by atoms with Crippen molar-refractivity contribution in [2.45, 2.75) is 13.3 Å². The lowest BCUT2D eigenvalue weighted by molar-refractivity contribution is 0.507. The summed E-state index contributed by atoms with van der Waals surface area (Å²) in [7, 11) is -2.14. The van der Waals surface area contributed by atoms with Crippen molar-refractivity contribution in [1.29, 1.82) is 0 Å². The Balaban J connectivity index is 2.76. The van der Waals surface area contributed by atoms with Gasteiger partial charge in [-0.1, -0.05) is 12.1 Å². The molecule has 4 N–H and O–H groups in total. The lowest BCUT2D eigenvalue weighted by Gasteiger charge is -2.38. The summed E-state index contributed by atoms with van der Waals surface area (Å²) in [6.07, 6.45) is 1.90. The van der Waals surface area contributed by atoms with Gasteiger partial charge in [-0.2, -0.15) is 4.21 Å². The highest BCUT2D eigenvalue weighted by atomic mass is 32.3. The second-order valence-electron chi connectivity index (χ2n) is 4.33. The van der Waals surface area contributed by atoms with Gasteiger partial charge in [0.2, 0.25) is 0 Å². The van der Waals surface area contributed by atoms with Crippen molar-refractivity contribution in [3.05, 3.63) is 29.3 Å². The molecule has 0 amide bonds. The molecule has 16 heavy (non-hydrogen) atoms. The van der Waals surface area contributed by atoms with Gasteiger partial charge in [-0.25, -0.2) is 4.72 Å². The molecule has 0 aliphatic heterocycles. The molecule has 0 saturated heterocycles. The van der Waals surface area contributed by atoms with Crippen LogP contribution in [0.4, 0.5) is 5.69 Å². The smallest absolute Gasteiger partial charge is 0.0515 e. The summed E-state index contributed by atoms with van der Waals surface area (Å²) >= 11 is 0. The number of benzene rings is 1. The van der Waals surface area contributed by atoms with Crippen LogP contribution < -0.4 is 10.5 Å². The molecule has 0 aliphatic carbocycles. The van der Waals surface area contributed by atoms with Crippen LogP contribution in [-0.2, 0) is 16.0 Å². The quantitative estimate of drug-likeness (QED) is 0.696. The van der Waals surface area contributed by atoms with Gasteiger partial charge in [0.15, 0.2) is 0 Å². The van der Waals surface area contributed by atoms with Crippen LogP contribution in [0.2, 0.25) is 0 Å². The van der Waals surface area contributed by atoms with Crippen LogP contribution in [0.5, 0.6) is 0 Å². The van der Waals surface area contributed by atoms with Gasteiger partial charge in [0.25, 0.3) is 0 Å². The Kier molecular flexibility index (Phi) is 3.42. The van der Waals surface area contributed by atoms with Crippen molar-refractivity contribution in [1.82, 2.24) is 4.72 Å². The topological polar surface area (TPSA) is 75.3 Å². The number of nitrogens with two attached hydrogens (primary N) is 1. The van der Waals surface area contributed by atoms with Crippen LogP contribution in [0.15, 0.2) is 18.2 Å². The molecule has 0 spiro atoms. The zero-order valence-electron chi connectivity index (χ0n) is 9.99. The molecule has 0 unspecified atom stereocenters. The van der Waals surface area contributed by atoms with E-state index in [2.05, 4.69) is 4.72 Å². The van der Waals surface area contributed by atoms with Gasteiger partial charge < -0.3 is 5.73 Å².